The van der Waals surface area contributed by atoms with Crippen LogP contribution in [0, 0.1) is 0 Å². The van der Waals surface area contributed by atoms with Crippen LogP contribution in [-0.4, -0.2) is 85.1 Å². The molecular formula is C13H23N5O7P+. The summed E-state index contributed by atoms with van der Waals surface area (Å²) in [5.41, 5.74) is 5.18. The van der Waals surface area contributed by atoms with E-state index in [1.54, 1.807) is 7.05 Å². The maximum absolute atomic E-state index is 12.6. The summed E-state index contributed by atoms with van der Waals surface area (Å²) >= 11 is 0. The Labute approximate surface area is 149 Å². The van der Waals surface area contributed by atoms with Gasteiger partial charge in [0.2, 0.25) is 5.82 Å². The second-order valence-electron chi connectivity index (χ2n) is 6.72. The molecule has 3 heterocycles. The number of ether oxygens (including phenoxy) is 1. The smallest absolute Gasteiger partial charge is 0.387 e. The molecule has 2 aliphatic heterocycles. The number of aliphatic hydroxyl groups excluding tert-OH is 2. The SMILES string of the molecule is C[N+]1(P(=O)(O)OC[C@H]2O[C@@H](n3ncnc3C(N)=O)[C@H](O)[C@@H]2O)CCCC1. The largest absolute Gasteiger partial charge is 0.528 e. The van der Waals surface area contributed by atoms with Crippen LogP contribution in [0.25, 0.3) is 0 Å². The van der Waals surface area contributed by atoms with Gasteiger partial charge in [0.15, 0.2) is 6.23 Å². The maximum Gasteiger partial charge on any atom is 0.528 e. The summed E-state index contributed by atoms with van der Waals surface area (Å²) in [7, 11) is -2.36. The van der Waals surface area contributed by atoms with Gasteiger partial charge < -0.3 is 20.7 Å². The summed E-state index contributed by atoms with van der Waals surface area (Å²) in [5.74, 6) is -1.12. The number of carbonyl (C=O) groups is 1. The predicted octanol–water partition coefficient (Wildman–Crippen LogP) is -1.65. The number of likely N-dealkylation sites (tertiary alicyclic amines) is 1. The number of rotatable bonds is 6. The molecule has 12 nitrogen and oxygen atoms in total. The minimum atomic E-state index is -4.00. The van der Waals surface area contributed by atoms with Crippen molar-refractivity contribution in [1.82, 2.24) is 14.8 Å². The molecule has 1 aromatic rings. The molecule has 5 N–H and O–H groups in total. The first-order valence-corrected chi connectivity index (χ1v) is 9.72. The van der Waals surface area contributed by atoms with Gasteiger partial charge in [-0.2, -0.15) is 5.10 Å². The lowest BCUT2D eigenvalue weighted by Crippen LogP contribution is -2.39. The number of primary amides is 1. The maximum atomic E-state index is 12.6. The van der Waals surface area contributed by atoms with Gasteiger partial charge in [0.05, 0.1) is 26.7 Å². The lowest BCUT2D eigenvalue weighted by molar-refractivity contribution is -0.789. The topological polar surface area (TPSA) is 170 Å². The van der Waals surface area contributed by atoms with Gasteiger partial charge in [0.25, 0.3) is 5.91 Å². The summed E-state index contributed by atoms with van der Waals surface area (Å²) in [6, 6.07) is 0. The Morgan fingerprint density at radius 2 is 2.12 bits per heavy atom. The van der Waals surface area contributed by atoms with E-state index in [4.69, 9.17) is 15.0 Å². The van der Waals surface area contributed by atoms with Crippen molar-refractivity contribution in [2.45, 2.75) is 37.4 Å². The number of hydrogen-bond donors (Lipinski definition) is 4. The third-order valence-corrected chi connectivity index (χ3v) is 7.02. The predicted molar refractivity (Wildman–Crippen MR) is 85.4 cm³/mol. The van der Waals surface area contributed by atoms with Crippen molar-refractivity contribution in [1.29, 1.82) is 0 Å². The molecule has 3 rings (SSSR count). The van der Waals surface area contributed by atoms with Crippen molar-refractivity contribution in [3.63, 3.8) is 0 Å². The summed E-state index contributed by atoms with van der Waals surface area (Å²) in [4.78, 5) is 25.3. The Balaban J connectivity index is 1.69. The second kappa shape index (κ2) is 6.97. The molecule has 0 radical (unpaired) electrons. The van der Waals surface area contributed by atoms with Crippen LogP contribution in [-0.2, 0) is 13.8 Å². The molecule has 0 aliphatic carbocycles. The van der Waals surface area contributed by atoms with Crippen LogP contribution in [0.15, 0.2) is 6.33 Å². The van der Waals surface area contributed by atoms with E-state index in [1.165, 1.54) is 0 Å². The molecule has 2 aliphatic rings. The molecule has 0 spiro atoms. The average molecular weight is 392 g/mol. The van der Waals surface area contributed by atoms with Crippen molar-refractivity contribution in [3.8, 4) is 0 Å². The van der Waals surface area contributed by atoms with Gasteiger partial charge in [0.1, 0.15) is 24.6 Å². The van der Waals surface area contributed by atoms with Gasteiger partial charge >= 0.3 is 7.75 Å². The van der Waals surface area contributed by atoms with Crippen LogP contribution in [0.3, 0.4) is 0 Å². The summed E-state index contributed by atoms with van der Waals surface area (Å²) in [6.45, 7) is 0.638. The number of hydrogen-bond acceptors (Lipinski definition) is 8. The molecule has 0 bridgehead atoms. The van der Waals surface area contributed by atoms with Crippen LogP contribution in [0.5, 0.6) is 0 Å². The fourth-order valence-corrected chi connectivity index (χ4v) is 4.67. The van der Waals surface area contributed by atoms with Crippen LogP contribution in [0.2, 0.25) is 0 Å². The van der Waals surface area contributed by atoms with Crippen molar-refractivity contribution in [2.24, 2.45) is 5.73 Å². The van der Waals surface area contributed by atoms with Crippen molar-refractivity contribution in [2.75, 3.05) is 26.7 Å². The molecule has 0 saturated carbocycles. The molecular weight excluding hydrogens is 369 g/mol. The first-order valence-electron chi connectivity index (χ1n) is 8.19. The fraction of sp³-hybridized carbons (Fsp3) is 0.769. The minimum Gasteiger partial charge on any atom is -0.387 e. The molecule has 26 heavy (non-hydrogen) atoms. The van der Waals surface area contributed by atoms with Gasteiger partial charge in [-0.1, -0.05) is 0 Å². The van der Waals surface area contributed by atoms with Gasteiger partial charge in [-0.3, -0.25) is 14.2 Å². The standard InChI is InChI=1S/C13H22N5O7P/c1-18(4-2-3-5-18)26(22,23)24-6-8-9(19)10(20)13(25-8)17-12(11(14)21)15-7-16-17/h7-10,13,19-20H,2-6H2,1H3,(H2-,14,21,22,23)/p+1/t8-,9-,10-,13-/m1/s1. The zero-order valence-corrected chi connectivity index (χ0v) is 15.1. The van der Waals surface area contributed by atoms with E-state index in [-0.39, 0.29) is 10.1 Å². The third-order valence-electron chi connectivity index (χ3n) is 4.92. The minimum absolute atomic E-state index is 0.100. The zero-order valence-electron chi connectivity index (χ0n) is 14.2. The number of aliphatic hydroxyl groups is 2. The van der Waals surface area contributed by atoms with E-state index in [0.29, 0.717) is 13.1 Å². The number of aromatic nitrogens is 3. The Morgan fingerprint density at radius 1 is 1.46 bits per heavy atom. The quantitative estimate of drug-likeness (QED) is 0.414. The number of carbonyl (C=O) groups excluding carboxylic acids is 1. The van der Waals surface area contributed by atoms with E-state index >= 15 is 0 Å². The molecule has 1 unspecified atom stereocenters. The highest BCUT2D eigenvalue weighted by Gasteiger charge is 2.50. The van der Waals surface area contributed by atoms with Crippen molar-refractivity contribution >= 4 is 13.7 Å². The first-order chi connectivity index (χ1) is 12.2. The van der Waals surface area contributed by atoms with Crippen LogP contribution in [0.4, 0.5) is 0 Å². The van der Waals surface area contributed by atoms with Gasteiger partial charge in [-0.25, -0.2) is 18.5 Å². The molecule has 5 atom stereocenters. The van der Waals surface area contributed by atoms with Gasteiger partial charge in [-0.15, -0.1) is 0 Å². The number of amides is 1. The third kappa shape index (κ3) is 3.29. The summed E-state index contributed by atoms with van der Waals surface area (Å²) < 4.78 is 24.1. The van der Waals surface area contributed by atoms with Crippen molar-refractivity contribution < 1.29 is 38.0 Å². The Bertz CT molecular complexity index is 721. The van der Waals surface area contributed by atoms with E-state index in [9.17, 15) is 24.5 Å². The van der Waals surface area contributed by atoms with Gasteiger partial charge in [0, 0.05) is 12.8 Å². The zero-order chi connectivity index (χ0) is 19.1. The Morgan fingerprint density at radius 3 is 2.73 bits per heavy atom. The highest BCUT2D eigenvalue weighted by atomic mass is 31.2. The molecule has 1 amide bonds. The first kappa shape index (κ1) is 19.4. The second-order valence-corrected chi connectivity index (χ2v) is 8.92. The lowest BCUT2D eigenvalue weighted by atomic mass is 10.1. The van der Waals surface area contributed by atoms with Crippen LogP contribution >= 0.6 is 7.75 Å². The number of quaternary nitrogens is 1. The normalized spacial score (nSPS) is 33.2. The molecule has 2 fully saturated rings. The average Bonchev–Trinajstić information content (AvgIpc) is 3.28. The monoisotopic (exact) mass is 392 g/mol. The van der Waals surface area contributed by atoms with E-state index in [1.807, 2.05) is 0 Å². The highest BCUT2D eigenvalue weighted by Crippen LogP contribution is 2.54. The highest BCUT2D eigenvalue weighted by molar-refractivity contribution is 7.46. The molecule has 1 aromatic heterocycles. The Kier molecular flexibility index (Phi) is 5.19. The Hall–Kier alpha value is -1.40. The molecule has 0 aromatic carbocycles. The van der Waals surface area contributed by atoms with Crippen molar-refractivity contribution in [3.05, 3.63) is 12.2 Å². The van der Waals surface area contributed by atoms with E-state index in [0.717, 1.165) is 23.9 Å². The van der Waals surface area contributed by atoms with E-state index < -0.39 is 44.8 Å². The fourth-order valence-electron chi connectivity index (χ4n) is 3.26. The van der Waals surface area contributed by atoms with Crippen LogP contribution in [0.1, 0.15) is 29.7 Å². The summed E-state index contributed by atoms with van der Waals surface area (Å²) in [6.07, 6.45) is -2.45. The van der Waals surface area contributed by atoms with E-state index in [2.05, 4.69) is 10.1 Å². The lowest BCUT2D eigenvalue weighted by Gasteiger charge is -2.32. The summed E-state index contributed by atoms with van der Waals surface area (Å²) in [5, 5.41) is 24.1. The molecule has 2 saturated heterocycles. The number of nitrogens with zero attached hydrogens (tertiary/aromatic N) is 4. The molecule has 146 valence electrons. The van der Waals surface area contributed by atoms with Crippen LogP contribution < -0.4 is 5.73 Å². The molecule has 13 heteroatoms. The number of nitrogens with two attached hydrogens (primary N) is 1. The van der Waals surface area contributed by atoms with Gasteiger partial charge in [-0.05, 0) is 0 Å².